The molecule has 0 N–H and O–H groups in total. The van der Waals surface area contributed by atoms with Gasteiger partial charge in [0.1, 0.15) is 10.4 Å². The maximum atomic E-state index is 12.8. The molecule has 2 atom stereocenters. The Balaban J connectivity index is 2.05. The quantitative estimate of drug-likeness (QED) is 0.822. The van der Waals surface area contributed by atoms with Gasteiger partial charge in [-0.1, -0.05) is 6.07 Å². The van der Waals surface area contributed by atoms with Crippen LogP contribution in [0.5, 0.6) is 0 Å². The van der Waals surface area contributed by atoms with Crippen LogP contribution in [-0.2, 0) is 14.8 Å². The van der Waals surface area contributed by atoms with E-state index in [9.17, 15) is 8.42 Å². The van der Waals surface area contributed by atoms with Gasteiger partial charge < -0.3 is 4.74 Å². The monoisotopic (exact) mass is 297 g/mol. The molecule has 0 radical (unpaired) electrons. The van der Waals surface area contributed by atoms with Gasteiger partial charge in [0.25, 0.3) is 0 Å². The Hall–Kier alpha value is -1.51. The van der Waals surface area contributed by atoms with Crippen LogP contribution in [0.15, 0.2) is 27.7 Å². The standard InChI is InChI=1S/C12H15N3O4S/c1-8-6-15(7-9(2)18-8)20(16,17)11-5-3-4-10-12(11)14-19-13-10/h3-5,8-9H,6-7H2,1-2H3. The molecule has 0 aliphatic carbocycles. The lowest BCUT2D eigenvalue weighted by molar-refractivity contribution is -0.0440. The molecule has 0 amide bonds. The van der Waals surface area contributed by atoms with Crippen molar-refractivity contribution in [1.29, 1.82) is 0 Å². The van der Waals surface area contributed by atoms with Crippen LogP contribution in [0.1, 0.15) is 13.8 Å². The van der Waals surface area contributed by atoms with Gasteiger partial charge in [0.2, 0.25) is 10.0 Å². The molecular weight excluding hydrogens is 282 g/mol. The summed E-state index contributed by atoms with van der Waals surface area (Å²) in [5.41, 5.74) is 0.694. The smallest absolute Gasteiger partial charge is 0.245 e. The average molecular weight is 297 g/mol. The van der Waals surface area contributed by atoms with E-state index in [1.54, 1.807) is 12.1 Å². The van der Waals surface area contributed by atoms with Crippen molar-refractivity contribution in [3.63, 3.8) is 0 Å². The summed E-state index contributed by atoms with van der Waals surface area (Å²) in [5.74, 6) is 0. The number of ether oxygens (including phenoxy) is 1. The summed E-state index contributed by atoms with van der Waals surface area (Å²) < 4.78 is 37.1. The number of rotatable bonds is 2. The lowest BCUT2D eigenvalue weighted by Gasteiger charge is -2.34. The highest BCUT2D eigenvalue weighted by Gasteiger charge is 2.33. The van der Waals surface area contributed by atoms with Crippen LogP contribution < -0.4 is 0 Å². The zero-order valence-electron chi connectivity index (χ0n) is 11.2. The third-order valence-corrected chi connectivity index (χ3v) is 5.12. The van der Waals surface area contributed by atoms with Gasteiger partial charge in [-0.05, 0) is 36.3 Å². The lowest BCUT2D eigenvalue weighted by atomic mass is 10.3. The molecule has 2 heterocycles. The molecule has 2 unspecified atom stereocenters. The molecule has 1 aromatic heterocycles. The Morgan fingerprint density at radius 1 is 1.20 bits per heavy atom. The van der Waals surface area contributed by atoms with E-state index in [1.807, 2.05) is 13.8 Å². The normalized spacial score (nSPS) is 25.1. The van der Waals surface area contributed by atoms with Gasteiger partial charge in [-0.15, -0.1) is 0 Å². The van der Waals surface area contributed by atoms with Gasteiger partial charge in [-0.2, -0.15) is 4.31 Å². The zero-order valence-corrected chi connectivity index (χ0v) is 12.0. The van der Waals surface area contributed by atoms with E-state index in [4.69, 9.17) is 4.74 Å². The molecule has 0 saturated carbocycles. The van der Waals surface area contributed by atoms with E-state index < -0.39 is 10.0 Å². The predicted molar refractivity (Wildman–Crippen MR) is 70.6 cm³/mol. The molecule has 7 nitrogen and oxygen atoms in total. The second-order valence-electron chi connectivity index (χ2n) is 4.97. The Labute approximate surface area is 116 Å². The minimum Gasteiger partial charge on any atom is -0.373 e. The molecule has 3 rings (SSSR count). The summed E-state index contributed by atoms with van der Waals surface area (Å²) >= 11 is 0. The molecule has 0 spiro atoms. The predicted octanol–water partition coefficient (Wildman–Crippen LogP) is 1.02. The fraction of sp³-hybridized carbons (Fsp3) is 0.500. The van der Waals surface area contributed by atoms with Gasteiger partial charge in [0, 0.05) is 13.1 Å². The van der Waals surface area contributed by atoms with Crippen LogP contribution in [0.3, 0.4) is 0 Å². The molecule has 1 aromatic carbocycles. The minimum absolute atomic E-state index is 0.123. The summed E-state index contributed by atoms with van der Waals surface area (Å²) in [6, 6.07) is 4.81. The van der Waals surface area contributed by atoms with Gasteiger partial charge in [0.15, 0.2) is 5.52 Å². The highest BCUT2D eigenvalue weighted by atomic mass is 32.2. The van der Waals surface area contributed by atoms with Gasteiger partial charge in [0.05, 0.1) is 12.2 Å². The molecule has 2 aromatic rings. The van der Waals surface area contributed by atoms with Crippen LogP contribution in [0.25, 0.3) is 11.0 Å². The van der Waals surface area contributed by atoms with E-state index in [-0.39, 0.29) is 22.6 Å². The molecule has 20 heavy (non-hydrogen) atoms. The van der Waals surface area contributed by atoms with Crippen molar-refractivity contribution in [2.24, 2.45) is 0 Å². The number of hydrogen-bond acceptors (Lipinski definition) is 6. The third kappa shape index (κ3) is 2.19. The van der Waals surface area contributed by atoms with Crippen LogP contribution in [0.2, 0.25) is 0 Å². The number of hydrogen-bond donors (Lipinski definition) is 0. The molecule has 108 valence electrons. The summed E-state index contributed by atoms with van der Waals surface area (Å²) in [4.78, 5) is 0.123. The molecule has 1 aliphatic rings. The second kappa shape index (κ2) is 4.80. The first kappa shape index (κ1) is 13.5. The first-order valence-electron chi connectivity index (χ1n) is 6.35. The van der Waals surface area contributed by atoms with E-state index in [1.165, 1.54) is 10.4 Å². The molecule has 1 aliphatic heterocycles. The van der Waals surface area contributed by atoms with Crippen molar-refractivity contribution >= 4 is 21.1 Å². The third-order valence-electron chi connectivity index (χ3n) is 3.25. The van der Waals surface area contributed by atoms with Crippen molar-refractivity contribution in [2.75, 3.05) is 13.1 Å². The highest BCUT2D eigenvalue weighted by Crippen LogP contribution is 2.25. The van der Waals surface area contributed by atoms with Crippen molar-refractivity contribution < 1.29 is 17.8 Å². The van der Waals surface area contributed by atoms with E-state index in [0.29, 0.717) is 18.6 Å². The molecule has 1 fully saturated rings. The zero-order chi connectivity index (χ0) is 14.3. The summed E-state index contributed by atoms with van der Waals surface area (Å²) in [5, 5.41) is 7.37. The summed E-state index contributed by atoms with van der Waals surface area (Å²) in [7, 11) is -3.63. The van der Waals surface area contributed by atoms with Gasteiger partial charge in [-0.25, -0.2) is 13.0 Å². The highest BCUT2D eigenvalue weighted by molar-refractivity contribution is 7.89. The van der Waals surface area contributed by atoms with E-state index in [0.717, 1.165) is 0 Å². The lowest BCUT2D eigenvalue weighted by Crippen LogP contribution is -2.48. The Morgan fingerprint density at radius 3 is 2.60 bits per heavy atom. The SMILES string of the molecule is CC1CN(S(=O)(=O)c2cccc3nonc23)CC(C)O1. The number of aromatic nitrogens is 2. The topological polar surface area (TPSA) is 85.5 Å². The Kier molecular flexibility index (Phi) is 3.23. The van der Waals surface area contributed by atoms with Crippen molar-refractivity contribution in [3.05, 3.63) is 18.2 Å². The Morgan fingerprint density at radius 2 is 1.90 bits per heavy atom. The Bertz CT molecular complexity index is 717. The fourth-order valence-electron chi connectivity index (χ4n) is 2.46. The van der Waals surface area contributed by atoms with Crippen molar-refractivity contribution in [1.82, 2.24) is 14.6 Å². The first-order valence-corrected chi connectivity index (χ1v) is 7.79. The maximum Gasteiger partial charge on any atom is 0.245 e. The first-order chi connectivity index (χ1) is 9.48. The van der Waals surface area contributed by atoms with Crippen LogP contribution >= 0.6 is 0 Å². The molecular formula is C12H15N3O4S. The van der Waals surface area contributed by atoms with Crippen molar-refractivity contribution in [2.45, 2.75) is 31.0 Å². The van der Waals surface area contributed by atoms with Crippen LogP contribution in [0, 0.1) is 0 Å². The number of benzene rings is 1. The van der Waals surface area contributed by atoms with Gasteiger partial charge in [-0.3, -0.25) is 0 Å². The number of fused-ring (bicyclic) bond motifs is 1. The van der Waals surface area contributed by atoms with E-state index >= 15 is 0 Å². The fourth-order valence-corrected chi connectivity index (χ4v) is 4.18. The van der Waals surface area contributed by atoms with Crippen LogP contribution in [0.4, 0.5) is 0 Å². The maximum absolute atomic E-state index is 12.8. The molecule has 0 bridgehead atoms. The molecule has 1 saturated heterocycles. The van der Waals surface area contributed by atoms with Crippen molar-refractivity contribution in [3.8, 4) is 0 Å². The van der Waals surface area contributed by atoms with Crippen LogP contribution in [-0.4, -0.2) is 48.3 Å². The number of nitrogens with zero attached hydrogens (tertiary/aromatic N) is 3. The summed E-state index contributed by atoms with van der Waals surface area (Å²) in [6.45, 7) is 4.37. The molecule has 8 heteroatoms. The minimum atomic E-state index is -3.63. The number of sulfonamides is 1. The second-order valence-corrected chi connectivity index (χ2v) is 6.87. The average Bonchev–Trinajstić information content (AvgIpc) is 2.85. The van der Waals surface area contributed by atoms with E-state index in [2.05, 4.69) is 14.9 Å². The largest absolute Gasteiger partial charge is 0.373 e. The number of morpholine rings is 1. The van der Waals surface area contributed by atoms with Gasteiger partial charge >= 0.3 is 0 Å². The summed E-state index contributed by atoms with van der Waals surface area (Å²) in [6.07, 6.45) is -0.272.